The van der Waals surface area contributed by atoms with Gasteiger partial charge in [-0.15, -0.1) is 0 Å². The fourth-order valence-electron chi connectivity index (χ4n) is 1.30. The van der Waals surface area contributed by atoms with E-state index in [2.05, 4.69) is 15.5 Å². The van der Waals surface area contributed by atoms with Crippen molar-refractivity contribution in [2.24, 2.45) is 0 Å². The second-order valence-corrected chi connectivity index (χ2v) is 5.69. The molecular formula is C13H27N3O3. The molecule has 0 aromatic heterocycles. The van der Waals surface area contributed by atoms with Gasteiger partial charge in [0.25, 0.3) is 0 Å². The summed E-state index contributed by atoms with van der Waals surface area (Å²) in [7, 11) is 3.99. The van der Waals surface area contributed by atoms with Crippen LogP contribution in [0.5, 0.6) is 0 Å². The number of hydrogen-bond acceptors (Lipinski definition) is 4. The maximum Gasteiger partial charge on any atom is 0.407 e. The highest BCUT2D eigenvalue weighted by Gasteiger charge is 2.15. The lowest BCUT2D eigenvalue weighted by atomic mass is 10.2. The molecule has 0 aliphatic rings. The Bertz CT molecular complexity index is 285. The minimum atomic E-state index is -0.515. The van der Waals surface area contributed by atoms with Crippen LogP contribution in [-0.2, 0) is 9.53 Å². The Morgan fingerprint density at radius 1 is 1.11 bits per heavy atom. The quantitative estimate of drug-likeness (QED) is 0.678. The van der Waals surface area contributed by atoms with Crippen LogP contribution < -0.4 is 10.6 Å². The van der Waals surface area contributed by atoms with Crippen molar-refractivity contribution in [3.63, 3.8) is 0 Å². The molecule has 0 spiro atoms. The van der Waals surface area contributed by atoms with Crippen molar-refractivity contribution >= 4 is 12.0 Å². The molecule has 2 amide bonds. The van der Waals surface area contributed by atoms with Gasteiger partial charge in [0.1, 0.15) is 5.60 Å². The molecule has 0 unspecified atom stereocenters. The number of ether oxygens (including phenoxy) is 1. The van der Waals surface area contributed by atoms with Crippen molar-refractivity contribution in [3.8, 4) is 0 Å². The van der Waals surface area contributed by atoms with Crippen LogP contribution >= 0.6 is 0 Å². The van der Waals surface area contributed by atoms with Gasteiger partial charge in [-0.1, -0.05) is 0 Å². The van der Waals surface area contributed by atoms with E-state index in [0.29, 0.717) is 6.54 Å². The number of rotatable bonds is 7. The molecule has 19 heavy (non-hydrogen) atoms. The summed E-state index contributed by atoms with van der Waals surface area (Å²) in [5.41, 5.74) is -0.515. The largest absolute Gasteiger partial charge is 0.444 e. The zero-order chi connectivity index (χ0) is 14.9. The number of alkyl carbamates (subject to hydrolysis) is 1. The van der Waals surface area contributed by atoms with Crippen molar-refractivity contribution in [1.29, 1.82) is 0 Å². The zero-order valence-corrected chi connectivity index (χ0v) is 12.7. The summed E-state index contributed by atoms with van der Waals surface area (Å²) < 4.78 is 5.06. The lowest BCUT2D eigenvalue weighted by Gasteiger charge is -2.19. The summed E-state index contributed by atoms with van der Waals surface area (Å²) in [6.07, 6.45) is 0.687. The molecule has 0 fully saturated rings. The third kappa shape index (κ3) is 12.9. The van der Waals surface area contributed by atoms with Gasteiger partial charge in [0.05, 0.1) is 0 Å². The third-order valence-corrected chi connectivity index (χ3v) is 2.12. The predicted molar refractivity (Wildman–Crippen MR) is 75.0 cm³/mol. The van der Waals surface area contributed by atoms with E-state index in [1.807, 2.05) is 14.1 Å². The average Bonchev–Trinajstić information content (AvgIpc) is 2.21. The molecule has 112 valence electrons. The highest BCUT2D eigenvalue weighted by atomic mass is 16.6. The van der Waals surface area contributed by atoms with E-state index in [1.54, 1.807) is 20.8 Å². The third-order valence-electron chi connectivity index (χ3n) is 2.12. The van der Waals surface area contributed by atoms with Crippen molar-refractivity contribution < 1.29 is 14.3 Å². The van der Waals surface area contributed by atoms with Gasteiger partial charge in [0.2, 0.25) is 5.91 Å². The summed E-state index contributed by atoms with van der Waals surface area (Å²) >= 11 is 0. The second kappa shape index (κ2) is 8.74. The lowest BCUT2D eigenvalue weighted by Crippen LogP contribution is -2.35. The fourth-order valence-corrected chi connectivity index (χ4v) is 1.30. The van der Waals surface area contributed by atoms with E-state index in [1.165, 1.54) is 0 Å². The van der Waals surface area contributed by atoms with Crippen molar-refractivity contribution in [1.82, 2.24) is 15.5 Å². The van der Waals surface area contributed by atoms with Gasteiger partial charge in [-0.25, -0.2) is 4.79 Å². The van der Waals surface area contributed by atoms with Gasteiger partial charge in [-0.2, -0.15) is 0 Å². The highest BCUT2D eigenvalue weighted by molar-refractivity contribution is 5.76. The van der Waals surface area contributed by atoms with E-state index >= 15 is 0 Å². The summed E-state index contributed by atoms with van der Waals surface area (Å²) in [4.78, 5) is 24.8. The first-order valence-corrected chi connectivity index (χ1v) is 6.59. The molecule has 0 radical (unpaired) electrons. The van der Waals surface area contributed by atoms with Crippen molar-refractivity contribution in [2.45, 2.75) is 39.2 Å². The van der Waals surface area contributed by atoms with Crippen LogP contribution in [0.25, 0.3) is 0 Å². The molecule has 0 heterocycles. The van der Waals surface area contributed by atoms with Gasteiger partial charge in [-0.05, 0) is 47.8 Å². The SMILES string of the molecule is CN(C)CCCNC(=O)CCNC(=O)OC(C)(C)C. The zero-order valence-electron chi connectivity index (χ0n) is 12.7. The first kappa shape index (κ1) is 17.7. The average molecular weight is 273 g/mol. The molecule has 0 saturated carbocycles. The maximum absolute atomic E-state index is 11.4. The smallest absolute Gasteiger partial charge is 0.407 e. The number of carbonyl (C=O) groups is 2. The Kier molecular flexibility index (Phi) is 8.14. The summed E-state index contributed by atoms with van der Waals surface area (Å²) in [5.74, 6) is -0.0604. The van der Waals surface area contributed by atoms with Gasteiger partial charge in [0, 0.05) is 19.5 Å². The standard InChI is InChI=1S/C13H27N3O3/c1-13(2,3)19-12(18)15-9-7-11(17)14-8-6-10-16(4)5/h6-10H2,1-5H3,(H,14,17)(H,15,18). The number of hydrogen-bond donors (Lipinski definition) is 2. The number of nitrogens with zero attached hydrogens (tertiary/aromatic N) is 1. The molecule has 0 bridgehead atoms. The van der Waals surface area contributed by atoms with Crippen LogP contribution in [0.15, 0.2) is 0 Å². The molecular weight excluding hydrogens is 246 g/mol. The first-order chi connectivity index (χ1) is 8.70. The predicted octanol–water partition coefficient (Wildman–Crippen LogP) is 0.969. The fraction of sp³-hybridized carbons (Fsp3) is 0.846. The molecule has 0 atom stereocenters. The Hall–Kier alpha value is -1.30. The number of amides is 2. The van der Waals surface area contributed by atoms with Gasteiger partial charge in [0.15, 0.2) is 0 Å². The lowest BCUT2D eigenvalue weighted by molar-refractivity contribution is -0.120. The van der Waals surface area contributed by atoms with Crippen LogP contribution in [0.3, 0.4) is 0 Å². The minimum Gasteiger partial charge on any atom is -0.444 e. The van der Waals surface area contributed by atoms with Crippen molar-refractivity contribution in [3.05, 3.63) is 0 Å². The Morgan fingerprint density at radius 3 is 2.26 bits per heavy atom. The Morgan fingerprint density at radius 2 is 1.74 bits per heavy atom. The first-order valence-electron chi connectivity index (χ1n) is 6.59. The van der Waals surface area contributed by atoms with E-state index < -0.39 is 11.7 Å². The summed E-state index contributed by atoms with van der Waals surface area (Å²) in [6, 6.07) is 0. The highest BCUT2D eigenvalue weighted by Crippen LogP contribution is 2.06. The summed E-state index contributed by atoms with van der Waals surface area (Å²) in [6.45, 7) is 7.27. The van der Waals surface area contributed by atoms with Gasteiger partial charge in [-0.3, -0.25) is 4.79 Å². The molecule has 0 aliphatic carbocycles. The maximum atomic E-state index is 11.4. The van der Waals surface area contributed by atoms with E-state index in [9.17, 15) is 9.59 Å². The molecule has 0 aromatic carbocycles. The molecule has 0 aliphatic heterocycles. The van der Waals surface area contributed by atoms with E-state index in [4.69, 9.17) is 4.74 Å². The van der Waals surface area contributed by atoms with Gasteiger partial charge < -0.3 is 20.3 Å². The van der Waals surface area contributed by atoms with Crippen LogP contribution in [0.1, 0.15) is 33.6 Å². The van der Waals surface area contributed by atoms with Crippen LogP contribution in [-0.4, -0.2) is 56.2 Å². The van der Waals surface area contributed by atoms with Crippen molar-refractivity contribution in [2.75, 3.05) is 33.7 Å². The Labute approximate surface area is 115 Å². The molecule has 0 saturated heterocycles. The Balaban J connectivity index is 3.56. The summed E-state index contributed by atoms with van der Waals surface area (Å²) in [5, 5.41) is 5.35. The molecule has 0 rings (SSSR count). The molecule has 2 N–H and O–H groups in total. The monoisotopic (exact) mass is 273 g/mol. The normalized spacial score (nSPS) is 11.3. The van der Waals surface area contributed by atoms with Crippen LogP contribution in [0, 0.1) is 0 Å². The minimum absolute atomic E-state index is 0.0604. The molecule has 6 heteroatoms. The van der Waals surface area contributed by atoms with E-state index in [0.717, 1.165) is 13.0 Å². The van der Waals surface area contributed by atoms with Gasteiger partial charge >= 0.3 is 6.09 Å². The molecule has 6 nitrogen and oxygen atoms in total. The van der Waals surface area contributed by atoms with Crippen LogP contribution in [0.4, 0.5) is 4.79 Å². The second-order valence-electron chi connectivity index (χ2n) is 5.69. The van der Waals surface area contributed by atoms with E-state index in [-0.39, 0.29) is 18.9 Å². The number of carbonyl (C=O) groups excluding carboxylic acids is 2. The topological polar surface area (TPSA) is 70.7 Å². The van der Waals surface area contributed by atoms with Crippen LogP contribution in [0.2, 0.25) is 0 Å². The number of nitrogens with one attached hydrogen (secondary N) is 2. The molecule has 0 aromatic rings.